The molecule has 6 nitrogen and oxygen atoms in total. The van der Waals surface area contributed by atoms with Gasteiger partial charge < -0.3 is 24.8 Å². The minimum Gasteiger partial charge on any atom is -0.497 e. The lowest BCUT2D eigenvalue weighted by Gasteiger charge is -2.38. The van der Waals surface area contributed by atoms with Crippen molar-refractivity contribution in [2.45, 2.75) is 45.8 Å². The van der Waals surface area contributed by atoms with Gasteiger partial charge in [-0.3, -0.25) is 0 Å². The molecule has 0 saturated heterocycles. The number of fused-ring (bicyclic) bond motifs is 1. The highest BCUT2D eigenvalue weighted by Crippen LogP contribution is 2.41. The lowest BCUT2D eigenvalue weighted by atomic mass is 9.89. The summed E-state index contributed by atoms with van der Waals surface area (Å²) in [5.74, 6) is 1.26. The van der Waals surface area contributed by atoms with Crippen molar-refractivity contribution in [2.75, 3.05) is 19.0 Å². The number of anilines is 1. The highest BCUT2D eigenvalue weighted by molar-refractivity contribution is 7.80. The van der Waals surface area contributed by atoms with Gasteiger partial charge in [0.05, 0.1) is 25.3 Å². The number of benzene rings is 2. The molecule has 7 heteroatoms. The molecule has 0 amide bonds. The summed E-state index contributed by atoms with van der Waals surface area (Å²) in [6, 6.07) is 11.1. The lowest BCUT2D eigenvalue weighted by Crippen LogP contribution is -2.42. The van der Waals surface area contributed by atoms with Crippen LogP contribution in [0.3, 0.4) is 0 Å². The van der Waals surface area contributed by atoms with Gasteiger partial charge in [0, 0.05) is 17.7 Å². The van der Waals surface area contributed by atoms with E-state index in [2.05, 4.69) is 24.5 Å². The summed E-state index contributed by atoms with van der Waals surface area (Å²) in [4.78, 5) is 11.9. The van der Waals surface area contributed by atoms with Gasteiger partial charge in [0.25, 0.3) is 0 Å². The summed E-state index contributed by atoms with van der Waals surface area (Å²) in [6.45, 7) is 8.17. The Morgan fingerprint density at radius 1 is 1.27 bits per heavy atom. The average Bonchev–Trinajstić information content (AvgIpc) is 2.68. The summed E-state index contributed by atoms with van der Waals surface area (Å²) in [6.07, 6.45) is 0.746. The molecule has 0 fully saturated rings. The van der Waals surface area contributed by atoms with Crippen LogP contribution >= 0.6 is 12.2 Å². The van der Waals surface area contributed by atoms with Crippen LogP contribution in [-0.2, 0) is 4.74 Å². The molecule has 1 heterocycles. The number of ether oxygens (including phenoxy) is 3. The van der Waals surface area contributed by atoms with Crippen LogP contribution in [0.15, 0.2) is 36.4 Å². The molecule has 0 saturated carbocycles. The number of aryl methyl sites for hydroxylation is 1. The molecule has 2 aromatic carbocycles. The average molecular weight is 429 g/mol. The highest BCUT2D eigenvalue weighted by atomic mass is 32.1. The Kier molecular flexibility index (Phi) is 6.51. The number of hydrogen-bond donors (Lipinski definition) is 2. The Morgan fingerprint density at radius 3 is 2.70 bits per heavy atom. The Hall–Kier alpha value is -2.80. The summed E-state index contributed by atoms with van der Waals surface area (Å²) in [5, 5.41) is 7.15. The van der Waals surface area contributed by atoms with E-state index in [0.29, 0.717) is 17.3 Å². The van der Waals surface area contributed by atoms with Gasteiger partial charge in [-0.25, -0.2) is 4.79 Å². The molecule has 0 radical (unpaired) electrons. The van der Waals surface area contributed by atoms with Crippen LogP contribution in [0.5, 0.6) is 11.5 Å². The lowest BCUT2D eigenvalue weighted by molar-refractivity contribution is 0.0526. The van der Waals surface area contributed by atoms with Crippen molar-refractivity contribution < 1.29 is 19.0 Å². The second-order valence-electron chi connectivity index (χ2n) is 7.87. The first-order chi connectivity index (χ1) is 14.2. The van der Waals surface area contributed by atoms with Crippen molar-refractivity contribution in [3.05, 3.63) is 53.1 Å². The SMILES string of the molecule is CCOC(=O)c1ccc(NC(=S)N[C@@H]2CC(C)(C)Oc3ccc(OC)cc32)c(C)c1. The van der Waals surface area contributed by atoms with E-state index < -0.39 is 0 Å². The summed E-state index contributed by atoms with van der Waals surface area (Å²) < 4.78 is 16.6. The van der Waals surface area contributed by atoms with E-state index in [1.165, 1.54) is 0 Å². The predicted molar refractivity (Wildman–Crippen MR) is 122 cm³/mol. The Balaban J connectivity index is 1.76. The number of hydrogen-bond acceptors (Lipinski definition) is 5. The zero-order valence-electron chi connectivity index (χ0n) is 18.0. The van der Waals surface area contributed by atoms with Crippen molar-refractivity contribution in [3.8, 4) is 11.5 Å². The van der Waals surface area contributed by atoms with Crippen LogP contribution in [0.2, 0.25) is 0 Å². The van der Waals surface area contributed by atoms with Gasteiger partial charge in [-0.05, 0) is 81.9 Å². The van der Waals surface area contributed by atoms with E-state index in [1.54, 1.807) is 26.2 Å². The fourth-order valence-corrected chi connectivity index (χ4v) is 3.80. The van der Waals surface area contributed by atoms with E-state index in [1.807, 2.05) is 31.2 Å². The van der Waals surface area contributed by atoms with Gasteiger partial charge >= 0.3 is 5.97 Å². The van der Waals surface area contributed by atoms with Crippen molar-refractivity contribution in [3.63, 3.8) is 0 Å². The molecule has 3 rings (SSSR count). The molecule has 2 aromatic rings. The van der Waals surface area contributed by atoms with E-state index in [0.717, 1.165) is 34.7 Å². The molecule has 2 N–H and O–H groups in total. The third-order valence-electron chi connectivity index (χ3n) is 4.97. The van der Waals surface area contributed by atoms with Gasteiger partial charge in [0.1, 0.15) is 17.1 Å². The monoisotopic (exact) mass is 428 g/mol. The Labute approximate surface area is 182 Å². The molecule has 0 spiro atoms. The van der Waals surface area contributed by atoms with Crippen LogP contribution in [-0.4, -0.2) is 30.4 Å². The van der Waals surface area contributed by atoms with Gasteiger partial charge in [-0.2, -0.15) is 0 Å². The van der Waals surface area contributed by atoms with Gasteiger partial charge in [-0.1, -0.05) is 0 Å². The minimum atomic E-state index is -0.331. The number of rotatable bonds is 5. The van der Waals surface area contributed by atoms with Gasteiger partial charge in [-0.15, -0.1) is 0 Å². The van der Waals surface area contributed by atoms with E-state index in [9.17, 15) is 4.79 Å². The molecule has 0 unspecified atom stereocenters. The molecule has 160 valence electrons. The fraction of sp³-hybridized carbons (Fsp3) is 0.391. The standard InChI is InChI=1S/C23H28N2O4S/c1-6-28-21(26)15-7-9-18(14(2)11-15)24-22(30)25-19-13-23(3,4)29-20-10-8-16(27-5)12-17(19)20/h7-12,19H,6,13H2,1-5H3,(H2,24,25,30)/t19-/m1/s1. The fourth-order valence-electron chi connectivity index (χ4n) is 3.55. The summed E-state index contributed by atoms with van der Waals surface area (Å²) in [7, 11) is 1.65. The largest absolute Gasteiger partial charge is 0.497 e. The molecule has 0 aromatic heterocycles. The van der Waals surface area contributed by atoms with Crippen LogP contribution in [0.1, 0.15) is 54.7 Å². The van der Waals surface area contributed by atoms with Crippen molar-refractivity contribution in [2.24, 2.45) is 0 Å². The first-order valence-electron chi connectivity index (χ1n) is 9.94. The zero-order valence-corrected chi connectivity index (χ0v) is 18.8. The highest BCUT2D eigenvalue weighted by Gasteiger charge is 2.34. The number of nitrogens with one attached hydrogen (secondary N) is 2. The second-order valence-corrected chi connectivity index (χ2v) is 8.28. The number of carbonyl (C=O) groups is 1. The molecule has 1 aliphatic rings. The predicted octanol–water partition coefficient (Wildman–Crippen LogP) is 4.77. The molecule has 1 aliphatic heterocycles. The normalized spacial score (nSPS) is 16.6. The van der Waals surface area contributed by atoms with Crippen LogP contribution in [0.4, 0.5) is 5.69 Å². The molecule has 0 bridgehead atoms. The number of carbonyl (C=O) groups excluding carboxylic acids is 1. The Morgan fingerprint density at radius 2 is 2.03 bits per heavy atom. The third kappa shape index (κ3) is 5.02. The molecular weight excluding hydrogens is 400 g/mol. The van der Waals surface area contributed by atoms with Crippen LogP contribution < -0.4 is 20.1 Å². The van der Waals surface area contributed by atoms with E-state index >= 15 is 0 Å². The first kappa shape index (κ1) is 21.9. The Bertz CT molecular complexity index is 958. The van der Waals surface area contributed by atoms with Crippen molar-refractivity contribution >= 4 is 29.0 Å². The maximum atomic E-state index is 11.9. The molecule has 1 atom stereocenters. The van der Waals surface area contributed by atoms with Gasteiger partial charge in [0.15, 0.2) is 5.11 Å². The van der Waals surface area contributed by atoms with E-state index in [-0.39, 0.29) is 17.6 Å². The third-order valence-corrected chi connectivity index (χ3v) is 5.19. The van der Waals surface area contributed by atoms with E-state index in [4.69, 9.17) is 26.4 Å². The quantitative estimate of drug-likeness (QED) is 0.525. The number of thiocarbonyl (C=S) groups is 1. The summed E-state index contributed by atoms with van der Waals surface area (Å²) >= 11 is 5.58. The van der Waals surface area contributed by atoms with Crippen LogP contribution in [0, 0.1) is 6.92 Å². The topological polar surface area (TPSA) is 68.8 Å². The number of methoxy groups -OCH3 is 1. The zero-order chi connectivity index (χ0) is 21.9. The number of esters is 1. The van der Waals surface area contributed by atoms with Gasteiger partial charge in [0.2, 0.25) is 0 Å². The van der Waals surface area contributed by atoms with Crippen molar-refractivity contribution in [1.82, 2.24) is 5.32 Å². The second kappa shape index (κ2) is 8.92. The van der Waals surface area contributed by atoms with Crippen molar-refractivity contribution in [1.29, 1.82) is 0 Å². The maximum Gasteiger partial charge on any atom is 0.338 e. The molecular formula is C23H28N2O4S. The maximum absolute atomic E-state index is 11.9. The smallest absolute Gasteiger partial charge is 0.338 e. The molecule has 0 aliphatic carbocycles. The molecule has 30 heavy (non-hydrogen) atoms. The minimum absolute atomic E-state index is 0.0297. The first-order valence-corrected chi connectivity index (χ1v) is 10.4. The van der Waals surface area contributed by atoms with Crippen LogP contribution in [0.25, 0.3) is 0 Å². The summed E-state index contributed by atoms with van der Waals surface area (Å²) in [5.41, 5.74) is 2.93.